The van der Waals surface area contributed by atoms with Crippen LogP contribution >= 0.6 is 39.1 Å². The van der Waals surface area contributed by atoms with E-state index in [-0.39, 0.29) is 17.6 Å². The van der Waals surface area contributed by atoms with Crippen molar-refractivity contribution in [3.63, 3.8) is 0 Å². The number of nitrogens with one attached hydrogen (secondary N) is 1. The lowest BCUT2D eigenvalue weighted by Crippen LogP contribution is -2.25. The van der Waals surface area contributed by atoms with Gasteiger partial charge in [-0.2, -0.15) is 0 Å². The van der Waals surface area contributed by atoms with E-state index < -0.39 is 0 Å². The molecule has 0 aromatic carbocycles. The predicted octanol–water partition coefficient (Wildman–Crippen LogP) is 2.98. The normalized spacial score (nSPS) is 9.80. The number of rotatable bonds is 3. The Morgan fingerprint density at radius 1 is 1.67 bits per heavy atom. The molecular formula is C9H7BrCl2N2O. The van der Waals surface area contributed by atoms with Gasteiger partial charge in [-0.3, -0.25) is 4.79 Å². The number of aromatic nitrogens is 1. The van der Waals surface area contributed by atoms with Gasteiger partial charge in [-0.1, -0.05) is 29.8 Å². The van der Waals surface area contributed by atoms with E-state index in [1.165, 1.54) is 6.20 Å². The Kier molecular flexibility index (Phi) is 4.57. The Morgan fingerprint density at radius 3 is 2.93 bits per heavy atom. The summed E-state index contributed by atoms with van der Waals surface area (Å²) in [5.41, 5.74) is 0.295. The molecule has 1 aromatic heterocycles. The molecule has 0 saturated heterocycles. The lowest BCUT2D eigenvalue weighted by atomic mass is 10.2. The van der Waals surface area contributed by atoms with Crippen LogP contribution in [0.3, 0.4) is 0 Å². The van der Waals surface area contributed by atoms with Crippen LogP contribution in [0.5, 0.6) is 0 Å². The fourth-order valence-electron chi connectivity index (χ4n) is 0.853. The monoisotopic (exact) mass is 308 g/mol. The first-order valence-electron chi connectivity index (χ1n) is 3.93. The first kappa shape index (κ1) is 12.5. The Morgan fingerprint density at radius 2 is 2.33 bits per heavy atom. The summed E-state index contributed by atoms with van der Waals surface area (Å²) in [6.45, 7) is 3.65. The van der Waals surface area contributed by atoms with E-state index in [4.69, 9.17) is 23.2 Å². The van der Waals surface area contributed by atoms with Gasteiger partial charge in [-0.25, -0.2) is 4.98 Å². The molecule has 0 aliphatic heterocycles. The molecular weight excluding hydrogens is 303 g/mol. The fourth-order valence-corrected chi connectivity index (χ4v) is 1.44. The zero-order valence-corrected chi connectivity index (χ0v) is 10.7. The third-order valence-corrected chi connectivity index (χ3v) is 2.36. The van der Waals surface area contributed by atoms with Gasteiger partial charge in [0.15, 0.2) is 0 Å². The smallest absolute Gasteiger partial charge is 0.254 e. The maximum absolute atomic E-state index is 11.6. The first-order valence-corrected chi connectivity index (χ1v) is 5.48. The highest BCUT2D eigenvalue weighted by Gasteiger charge is 2.11. The van der Waals surface area contributed by atoms with Gasteiger partial charge in [0.2, 0.25) is 0 Å². The second-order valence-corrected chi connectivity index (χ2v) is 4.50. The highest BCUT2D eigenvalue weighted by molar-refractivity contribution is 9.10. The Bertz CT molecular complexity index is 409. The number of carbonyl (C=O) groups is 1. The third-order valence-electron chi connectivity index (χ3n) is 1.49. The maximum Gasteiger partial charge on any atom is 0.254 e. The quantitative estimate of drug-likeness (QED) is 0.872. The van der Waals surface area contributed by atoms with Gasteiger partial charge in [0.05, 0.1) is 12.1 Å². The molecule has 1 aromatic rings. The number of nitrogens with zero attached hydrogens (tertiary/aromatic N) is 1. The van der Waals surface area contributed by atoms with Crippen molar-refractivity contribution >= 4 is 45.0 Å². The SMILES string of the molecule is C=C(Cl)CNC(=O)c1cc(Br)cnc1Cl. The van der Waals surface area contributed by atoms with Crippen LogP contribution in [-0.2, 0) is 0 Å². The van der Waals surface area contributed by atoms with Crippen LogP contribution in [0.4, 0.5) is 0 Å². The summed E-state index contributed by atoms with van der Waals surface area (Å²) in [4.78, 5) is 15.4. The number of pyridine rings is 1. The van der Waals surface area contributed by atoms with Crippen molar-refractivity contribution in [3.05, 3.63) is 39.1 Å². The molecule has 0 spiro atoms. The minimum absolute atomic E-state index is 0.149. The molecule has 0 unspecified atom stereocenters. The van der Waals surface area contributed by atoms with Crippen LogP contribution in [-0.4, -0.2) is 17.4 Å². The Hall–Kier alpha value is -0.580. The van der Waals surface area contributed by atoms with Gasteiger partial charge in [0.1, 0.15) is 5.15 Å². The maximum atomic E-state index is 11.6. The lowest BCUT2D eigenvalue weighted by Gasteiger charge is -2.05. The minimum atomic E-state index is -0.337. The third kappa shape index (κ3) is 3.81. The number of hydrogen-bond acceptors (Lipinski definition) is 2. The van der Waals surface area contributed by atoms with Crippen LogP contribution in [0.15, 0.2) is 28.3 Å². The fraction of sp³-hybridized carbons (Fsp3) is 0.111. The van der Waals surface area contributed by atoms with Gasteiger partial charge in [0, 0.05) is 15.7 Å². The van der Waals surface area contributed by atoms with E-state index in [0.717, 1.165) is 0 Å². The van der Waals surface area contributed by atoms with E-state index in [1.807, 2.05) is 0 Å². The molecule has 1 rings (SSSR count). The minimum Gasteiger partial charge on any atom is -0.347 e. The number of amides is 1. The standard InChI is InChI=1S/C9H7BrCl2N2O/c1-5(11)3-14-9(15)7-2-6(10)4-13-8(7)12/h2,4H,1,3H2,(H,14,15). The summed E-state index contributed by atoms with van der Waals surface area (Å²) in [5.74, 6) is -0.337. The largest absolute Gasteiger partial charge is 0.347 e. The van der Waals surface area contributed by atoms with Crippen molar-refractivity contribution in [2.45, 2.75) is 0 Å². The van der Waals surface area contributed by atoms with Crippen LogP contribution in [0.2, 0.25) is 5.15 Å². The van der Waals surface area contributed by atoms with Crippen molar-refractivity contribution in [2.24, 2.45) is 0 Å². The number of hydrogen-bond donors (Lipinski definition) is 1. The second kappa shape index (κ2) is 5.49. The summed E-state index contributed by atoms with van der Waals surface area (Å²) in [5, 5.41) is 3.05. The van der Waals surface area contributed by atoms with E-state index >= 15 is 0 Å². The molecule has 1 N–H and O–H groups in total. The van der Waals surface area contributed by atoms with Gasteiger partial charge in [0.25, 0.3) is 5.91 Å². The Labute approximate surface area is 106 Å². The average Bonchev–Trinajstić information content (AvgIpc) is 2.18. The molecule has 0 aliphatic carbocycles. The van der Waals surface area contributed by atoms with Crippen LogP contribution < -0.4 is 5.32 Å². The van der Waals surface area contributed by atoms with Gasteiger partial charge in [-0.05, 0) is 22.0 Å². The van der Waals surface area contributed by atoms with Crippen molar-refractivity contribution in [1.29, 1.82) is 0 Å². The van der Waals surface area contributed by atoms with E-state index in [9.17, 15) is 4.79 Å². The molecule has 0 radical (unpaired) electrons. The van der Waals surface area contributed by atoms with Crippen molar-refractivity contribution < 1.29 is 4.79 Å². The Balaban J connectivity index is 2.81. The topological polar surface area (TPSA) is 42.0 Å². The highest BCUT2D eigenvalue weighted by atomic mass is 79.9. The molecule has 0 atom stereocenters. The molecule has 0 fully saturated rings. The highest BCUT2D eigenvalue weighted by Crippen LogP contribution is 2.17. The average molecular weight is 310 g/mol. The first-order chi connectivity index (χ1) is 7.00. The predicted molar refractivity (Wildman–Crippen MR) is 64.3 cm³/mol. The zero-order chi connectivity index (χ0) is 11.4. The molecule has 1 heterocycles. The molecule has 0 aliphatic rings. The zero-order valence-electron chi connectivity index (χ0n) is 7.56. The van der Waals surface area contributed by atoms with E-state index in [0.29, 0.717) is 15.1 Å². The van der Waals surface area contributed by atoms with Crippen molar-refractivity contribution in [1.82, 2.24) is 10.3 Å². The van der Waals surface area contributed by atoms with Crippen LogP contribution in [0.25, 0.3) is 0 Å². The van der Waals surface area contributed by atoms with E-state index in [1.54, 1.807) is 6.07 Å². The molecule has 3 nitrogen and oxygen atoms in total. The second-order valence-electron chi connectivity index (χ2n) is 2.69. The van der Waals surface area contributed by atoms with Crippen LogP contribution in [0.1, 0.15) is 10.4 Å². The molecule has 0 bridgehead atoms. The summed E-state index contributed by atoms with van der Waals surface area (Å²) in [6, 6.07) is 1.58. The summed E-state index contributed by atoms with van der Waals surface area (Å²) < 4.78 is 0.682. The molecule has 80 valence electrons. The van der Waals surface area contributed by atoms with Crippen LogP contribution in [0, 0.1) is 0 Å². The molecule has 0 saturated carbocycles. The van der Waals surface area contributed by atoms with Gasteiger partial charge < -0.3 is 5.32 Å². The number of halogens is 3. The summed E-state index contributed by atoms with van der Waals surface area (Å²) in [7, 11) is 0. The molecule has 15 heavy (non-hydrogen) atoms. The van der Waals surface area contributed by atoms with Gasteiger partial charge in [-0.15, -0.1) is 0 Å². The van der Waals surface area contributed by atoms with E-state index in [2.05, 4.69) is 32.8 Å². The number of carbonyl (C=O) groups excluding carboxylic acids is 1. The van der Waals surface area contributed by atoms with Crippen molar-refractivity contribution in [3.8, 4) is 0 Å². The van der Waals surface area contributed by atoms with Crippen molar-refractivity contribution in [2.75, 3.05) is 6.54 Å². The molecule has 6 heteroatoms. The lowest BCUT2D eigenvalue weighted by molar-refractivity contribution is 0.0957. The summed E-state index contributed by atoms with van der Waals surface area (Å²) >= 11 is 14.5. The molecule has 1 amide bonds. The summed E-state index contributed by atoms with van der Waals surface area (Å²) in [6.07, 6.45) is 1.51. The van der Waals surface area contributed by atoms with Gasteiger partial charge >= 0.3 is 0 Å².